The zero-order valence-electron chi connectivity index (χ0n) is 15.2. The maximum absolute atomic E-state index is 14.0. The van der Waals surface area contributed by atoms with Gasteiger partial charge in [-0.1, -0.05) is 17.7 Å². The van der Waals surface area contributed by atoms with Gasteiger partial charge < -0.3 is 10.6 Å². The molecule has 2 aromatic carbocycles. The largest absolute Gasteiger partial charge is 0.434 e. The quantitative estimate of drug-likeness (QED) is 0.567. The van der Waals surface area contributed by atoms with E-state index in [9.17, 15) is 27.2 Å². The molecule has 3 aromatic rings. The first-order chi connectivity index (χ1) is 14.1. The fourth-order valence-corrected chi connectivity index (χ4v) is 2.87. The maximum Gasteiger partial charge on any atom is 0.434 e. The summed E-state index contributed by atoms with van der Waals surface area (Å²) in [5.41, 5.74) is -2.42. The van der Waals surface area contributed by atoms with E-state index < -0.39 is 40.8 Å². The first-order valence-electron chi connectivity index (χ1n) is 8.36. The molecule has 1 heterocycles. The number of aromatic nitrogens is 2. The number of anilines is 2. The minimum Gasteiger partial charge on any atom is -0.326 e. The number of halogens is 5. The molecule has 2 amide bonds. The van der Waals surface area contributed by atoms with Crippen LogP contribution in [0.15, 0.2) is 48.7 Å². The molecule has 1 aromatic heterocycles. The topological polar surface area (TPSA) is 76.0 Å². The molecule has 6 nitrogen and oxygen atoms in total. The summed E-state index contributed by atoms with van der Waals surface area (Å²) in [7, 11) is 0. The molecule has 0 fully saturated rings. The van der Waals surface area contributed by atoms with Crippen molar-refractivity contribution in [2.75, 3.05) is 10.6 Å². The Bertz CT molecular complexity index is 1130. The number of benzene rings is 2. The third kappa shape index (κ3) is 4.60. The average molecular weight is 441 g/mol. The highest BCUT2D eigenvalue weighted by molar-refractivity contribution is 6.30. The molecule has 156 valence electrons. The van der Waals surface area contributed by atoms with Crippen LogP contribution < -0.4 is 10.6 Å². The molecule has 30 heavy (non-hydrogen) atoms. The lowest BCUT2D eigenvalue weighted by Crippen LogP contribution is -2.21. The van der Waals surface area contributed by atoms with E-state index in [0.717, 1.165) is 18.3 Å². The SMILES string of the molecule is CC(=O)Nc1ccc(F)c(NC(=O)c2cnn(-c3cccc(Cl)c3)c2C(F)(F)F)c1. The Balaban J connectivity index is 2.00. The highest BCUT2D eigenvalue weighted by Crippen LogP contribution is 2.34. The number of hydrogen-bond donors (Lipinski definition) is 2. The molecule has 11 heteroatoms. The van der Waals surface area contributed by atoms with Gasteiger partial charge in [0, 0.05) is 17.6 Å². The number of rotatable bonds is 4. The van der Waals surface area contributed by atoms with E-state index in [2.05, 4.69) is 15.7 Å². The predicted octanol–water partition coefficient (Wildman–Crippen LogP) is 4.89. The molecule has 0 saturated carbocycles. The van der Waals surface area contributed by atoms with Gasteiger partial charge in [-0.05, 0) is 36.4 Å². The minimum absolute atomic E-state index is 0.00675. The van der Waals surface area contributed by atoms with Gasteiger partial charge in [0.2, 0.25) is 5.91 Å². The highest BCUT2D eigenvalue weighted by Gasteiger charge is 2.40. The predicted molar refractivity (Wildman–Crippen MR) is 102 cm³/mol. The number of nitrogens with one attached hydrogen (secondary N) is 2. The monoisotopic (exact) mass is 440 g/mol. The van der Waals surface area contributed by atoms with Gasteiger partial charge >= 0.3 is 6.18 Å². The van der Waals surface area contributed by atoms with Crippen LogP contribution in [-0.4, -0.2) is 21.6 Å². The van der Waals surface area contributed by atoms with Crippen LogP contribution in [0.4, 0.5) is 28.9 Å². The summed E-state index contributed by atoms with van der Waals surface area (Å²) in [6, 6.07) is 8.78. The van der Waals surface area contributed by atoms with E-state index in [-0.39, 0.29) is 16.4 Å². The Morgan fingerprint density at radius 2 is 1.83 bits per heavy atom. The van der Waals surface area contributed by atoms with Crippen LogP contribution in [-0.2, 0) is 11.0 Å². The summed E-state index contributed by atoms with van der Waals surface area (Å²) >= 11 is 5.83. The van der Waals surface area contributed by atoms with Gasteiger partial charge in [-0.2, -0.15) is 18.3 Å². The number of alkyl halides is 3. The zero-order valence-corrected chi connectivity index (χ0v) is 16.0. The molecule has 0 atom stereocenters. The van der Waals surface area contributed by atoms with Crippen molar-refractivity contribution in [2.45, 2.75) is 13.1 Å². The standard InChI is InChI=1S/C19H13ClF4N4O2/c1-10(29)26-12-5-6-15(21)16(8-12)27-18(30)14-9-25-28(17(14)19(22,23)24)13-4-2-3-11(20)7-13/h2-9H,1H3,(H,26,29)(H,27,30). The Morgan fingerprint density at radius 1 is 1.10 bits per heavy atom. The first kappa shape index (κ1) is 21.3. The van der Waals surface area contributed by atoms with Crippen molar-refractivity contribution >= 4 is 34.8 Å². The van der Waals surface area contributed by atoms with Crippen molar-refractivity contribution in [3.63, 3.8) is 0 Å². The molecule has 2 N–H and O–H groups in total. The lowest BCUT2D eigenvalue weighted by molar-refractivity contribution is -0.143. The summed E-state index contributed by atoms with van der Waals surface area (Å²) in [5.74, 6) is -2.57. The maximum atomic E-state index is 14.0. The number of amides is 2. The molecule has 0 unspecified atom stereocenters. The van der Waals surface area contributed by atoms with Gasteiger partial charge in [-0.25, -0.2) is 9.07 Å². The Kier molecular flexibility index (Phi) is 5.79. The van der Waals surface area contributed by atoms with Crippen molar-refractivity contribution in [2.24, 2.45) is 0 Å². The molecule has 0 aliphatic rings. The molecular formula is C19H13ClF4N4O2. The normalized spacial score (nSPS) is 11.3. The Labute approximate surface area is 172 Å². The number of carbonyl (C=O) groups excluding carboxylic acids is 2. The second kappa shape index (κ2) is 8.15. The second-order valence-corrected chi connectivity index (χ2v) is 6.56. The van der Waals surface area contributed by atoms with Crippen LogP contribution >= 0.6 is 11.6 Å². The third-order valence-corrected chi connectivity index (χ3v) is 4.11. The molecule has 0 aliphatic heterocycles. The lowest BCUT2D eigenvalue weighted by Gasteiger charge is -2.13. The van der Waals surface area contributed by atoms with Gasteiger partial charge in [0.15, 0.2) is 5.69 Å². The Morgan fingerprint density at radius 3 is 2.47 bits per heavy atom. The smallest absolute Gasteiger partial charge is 0.326 e. The van der Waals surface area contributed by atoms with Gasteiger partial charge in [-0.15, -0.1) is 0 Å². The van der Waals surface area contributed by atoms with Crippen molar-refractivity contribution in [3.05, 3.63) is 70.8 Å². The van der Waals surface area contributed by atoms with E-state index in [4.69, 9.17) is 11.6 Å². The summed E-state index contributed by atoms with van der Waals surface area (Å²) < 4.78 is 55.7. The van der Waals surface area contributed by atoms with Crippen molar-refractivity contribution in [3.8, 4) is 5.69 Å². The fraction of sp³-hybridized carbons (Fsp3) is 0.105. The van der Waals surface area contributed by atoms with E-state index in [1.165, 1.54) is 37.3 Å². The number of carbonyl (C=O) groups is 2. The van der Waals surface area contributed by atoms with Crippen molar-refractivity contribution in [1.29, 1.82) is 0 Å². The molecule has 3 rings (SSSR count). The fourth-order valence-electron chi connectivity index (χ4n) is 2.68. The van der Waals surface area contributed by atoms with Crippen LogP contribution in [0.5, 0.6) is 0 Å². The molecule has 0 aliphatic carbocycles. The molecular weight excluding hydrogens is 428 g/mol. The van der Waals surface area contributed by atoms with Gasteiger partial charge in [0.1, 0.15) is 5.82 Å². The second-order valence-electron chi connectivity index (χ2n) is 6.13. The molecule has 0 spiro atoms. The molecule has 0 saturated heterocycles. The molecule has 0 bridgehead atoms. The molecule has 0 radical (unpaired) electrons. The first-order valence-corrected chi connectivity index (χ1v) is 8.73. The minimum atomic E-state index is -4.94. The van der Waals surface area contributed by atoms with E-state index in [1.807, 2.05) is 0 Å². The summed E-state index contributed by atoms with van der Waals surface area (Å²) in [6.45, 7) is 1.22. The van der Waals surface area contributed by atoms with Crippen molar-refractivity contribution in [1.82, 2.24) is 9.78 Å². The van der Waals surface area contributed by atoms with Crippen LogP contribution in [0.3, 0.4) is 0 Å². The number of nitrogens with zero attached hydrogens (tertiary/aromatic N) is 2. The van der Waals surface area contributed by atoms with Crippen LogP contribution in [0.2, 0.25) is 5.02 Å². The third-order valence-electron chi connectivity index (χ3n) is 3.87. The van der Waals surface area contributed by atoms with E-state index in [0.29, 0.717) is 4.68 Å². The van der Waals surface area contributed by atoms with Gasteiger partial charge in [0.05, 0.1) is 23.1 Å². The van der Waals surface area contributed by atoms with Crippen LogP contribution in [0, 0.1) is 5.82 Å². The van der Waals surface area contributed by atoms with E-state index >= 15 is 0 Å². The van der Waals surface area contributed by atoms with Crippen LogP contribution in [0.25, 0.3) is 5.69 Å². The summed E-state index contributed by atoms with van der Waals surface area (Å²) in [5, 5.41) is 8.31. The summed E-state index contributed by atoms with van der Waals surface area (Å²) in [6.07, 6.45) is -4.21. The summed E-state index contributed by atoms with van der Waals surface area (Å²) in [4.78, 5) is 23.7. The van der Waals surface area contributed by atoms with Gasteiger partial charge in [-0.3, -0.25) is 9.59 Å². The zero-order chi connectivity index (χ0) is 22.1. The average Bonchev–Trinajstić information content (AvgIpc) is 3.10. The van der Waals surface area contributed by atoms with Crippen molar-refractivity contribution < 1.29 is 27.2 Å². The van der Waals surface area contributed by atoms with Crippen LogP contribution in [0.1, 0.15) is 23.0 Å². The lowest BCUT2D eigenvalue weighted by atomic mass is 10.2. The van der Waals surface area contributed by atoms with E-state index in [1.54, 1.807) is 0 Å². The highest BCUT2D eigenvalue weighted by atomic mass is 35.5. The Hall–Kier alpha value is -3.40. The van der Waals surface area contributed by atoms with Gasteiger partial charge in [0.25, 0.3) is 5.91 Å². The number of hydrogen-bond acceptors (Lipinski definition) is 3.